The van der Waals surface area contributed by atoms with Crippen molar-refractivity contribution in [2.75, 3.05) is 23.9 Å². The summed E-state index contributed by atoms with van der Waals surface area (Å²) < 4.78 is 30.8. The Balaban J connectivity index is 0.000000172. The van der Waals surface area contributed by atoms with Crippen molar-refractivity contribution in [2.24, 2.45) is 0 Å². The number of aromatic nitrogens is 8. The molecule has 2 N–H and O–H groups in total. The van der Waals surface area contributed by atoms with Crippen LogP contribution in [0.4, 0.5) is 30.7 Å². The third-order valence-electron chi connectivity index (χ3n) is 9.20. The third kappa shape index (κ3) is 8.32. The molecule has 0 saturated heterocycles. The molecule has 2 unspecified atom stereocenters. The van der Waals surface area contributed by atoms with Crippen LogP contribution in [-0.2, 0) is 0 Å². The first-order valence-corrected chi connectivity index (χ1v) is 21.2. The third-order valence-corrected chi connectivity index (χ3v) is 11.9. The second-order valence-corrected chi connectivity index (χ2v) is 16.4. The number of halogens is 4. The molecule has 0 aliphatic carbocycles. The number of imidazole rings is 2. The number of anilines is 4. The van der Waals surface area contributed by atoms with Gasteiger partial charge in [0.2, 0.25) is 0 Å². The fourth-order valence-electron chi connectivity index (χ4n) is 6.24. The zero-order valence-corrected chi connectivity index (χ0v) is 36.1. The maximum atomic E-state index is 13.3. The standard InChI is InChI=1S/C24H19BrFN5O2S.C17H11BrFN5OS/c1-30(24-27-17(13-34-24)14-7-9-16(26)10-8-14)23-20(28-19-12-11-18(25)29-31(19)23)22(33)21(32)15-5-3-2-4-6-15;1-23(16-12(8-25)20-15-7-6-14(18)22-24(15)16)17-21-13(9-26-17)10-2-4-11(19)5-3-10/h2-13,21-22,32-33H,1H3;2-9H,1H3. The number of nitrogens with zero attached hydrogens (tertiary/aromatic N) is 10. The van der Waals surface area contributed by atoms with E-state index in [2.05, 4.69) is 57.0 Å². The zero-order chi connectivity index (χ0) is 42.1. The Morgan fingerprint density at radius 3 is 1.63 bits per heavy atom. The lowest BCUT2D eigenvalue weighted by Gasteiger charge is -2.21. The molecule has 0 spiro atoms. The molecule has 0 saturated carbocycles. The van der Waals surface area contributed by atoms with Crippen LogP contribution < -0.4 is 9.80 Å². The van der Waals surface area contributed by atoms with Gasteiger partial charge >= 0.3 is 0 Å². The SMILES string of the molecule is CN(c1nc(-c2ccc(F)cc2)cs1)c1c(C(O)C(O)c2ccccc2)nc2ccc(Br)nn12.CN(c1nc(-c2ccc(F)cc2)cs1)c1c(C=O)nc2ccc(Br)nn12. The van der Waals surface area contributed by atoms with Gasteiger partial charge in [-0.2, -0.15) is 19.2 Å². The van der Waals surface area contributed by atoms with Crippen molar-refractivity contribution >= 4 is 94.0 Å². The predicted octanol–water partition coefficient (Wildman–Crippen LogP) is 9.62. The quantitative estimate of drug-likeness (QED) is 0.126. The van der Waals surface area contributed by atoms with Crippen LogP contribution in [0.2, 0.25) is 0 Å². The largest absolute Gasteiger partial charge is 0.385 e. The monoisotopic (exact) mass is 970 g/mol. The molecule has 6 heterocycles. The maximum Gasteiger partial charge on any atom is 0.191 e. The minimum atomic E-state index is -1.31. The van der Waals surface area contributed by atoms with Gasteiger partial charge in [0.15, 0.2) is 39.5 Å². The first-order chi connectivity index (χ1) is 29.0. The van der Waals surface area contributed by atoms with Crippen LogP contribution in [0, 0.1) is 11.6 Å². The Bertz CT molecular complexity index is 2950. The normalized spacial score (nSPS) is 12.3. The van der Waals surface area contributed by atoms with Crippen LogP contribution in [0.5, 0.6) is 0 Å². The Kier molecular flexibility index (Phi) is 11.9. The smallest absolute Gasteiger partial charge is 0.191 e. The molecule has 3 aromatic carbocycles. The number of hydrogen-bond donors (Lipinski definition) is 2. The summed E-state index contributed by atoms with van der Waals surface area (Å²) in [5.41, 5.74) is 5.21. The summed E-state index contributed by atoms with van der Waals surface area (Å²) in [7, 11) is 3.59. The molecule has 13 nitrogen and oxygen atoms in total. The molecule has 302 valence electrons. The highest BCUT2D eigenvalue weighted by Gasteiger charge is 2.30. The highest BCUT2D eigenvalue weighted by atomic mass is 79.9. The van der Waals surface area contributed by atoms with E-state index in [1.807, 2.05) is 16.8 Å². The number of fused-ring (bicyclic) bond motifs is 2. The number of thiazole rings is 2. The van der Waals surface area contributed by atoms with Crippen molar-refractivity contribution in [3.05, 3.63) is 152 Å². The molecule has 0 amide bonds. The van der Waals surface area contributed by atoms with Crippen LogP contribution in [0.1, 0.15) is 34.0 Å². The van der Waals surface area contributed by atoms with E-state index in [0.29, 0.717) is 59.9 Å². The van der Waals surface area contributed by atoms with Gasteiger partial charge in [0.25, 0.3) is 0 Å². The van der Waals surface area contributed by atoms with Crippen molar-refractivity contribution in [3.8, 4) is 22.5 Å². The fourth-order valence-corrected chi connectivity index (χ4v) is 8.43. The lowest BCUT2D eigenvalue weighted by molar-refractivity contribution is 0.0153. The summed E-state index contributed by atoms with van der Waals surface area (Å²) >= 11 is 9.52. The second-order valence-electron chi connectivity index (χ2n) is 13.1. The van der Waals surface area contributed by atoms with E-state index < -0.39 is 12.2 Å². The minimum Gasteiger partial charge on any atom is -0.385 e. The van der Waals surface area contributed by atoms with Crippen molar-refractivity contribution in [2.45, 2.75) is 12.2 Å². The lowest BCUT2D eigenvalue weighted by Crippen LogP contribution is -2.18. The first kappa shape index (κ1) is 40.9. The molecule has 0 bridgehead atoms. The van der Waals surface area contributed by atoms with Crippen molar-refractivity contribution in [3.63, 3.8) is 0 Å². The Morgan fingerprint density at radius 2 is 1.12 bits per heavy atom. The lowest BCUT2D eigenvalue weighted by atomic mass is 10.0. The number of rotatable bonds is 10. The van der Waals surface area contributed by atoms with Crippen molar-refractivity contribution in [1.29, 1.82) is 0 Å². The molecule has 9 rings (SSSR count). The first-order valence-electron chi connectivity index (χ1n) is 17.9. The summed E-state index contributed by atoms with van der Waals surface area (Å²) in [6.45, 7) is 0. The van der Waals surface area contributed by atoms with Crippen LogP contribution >= 0.6 is 54.5 Å². The highest BCUT2D eigenvalue weighted by molar-refractivity contribution is 9.10. The minimum absolute atomic E-state index is 0.267. The van der Waals surface area contributed by atoms with Crippen LogP contribution in [0.15, 0.2) is 123 Å². The highest BCUT2D eigenvalue weighted by Crippen LogP contribution is 2.39. The van der Waals surface area contributed by atoms with E-state index >= 15 is 0 Å². The van der Waals surface area contributed by atoms with Crippen molar-refractivity contribution in [1.82, 2.24) is 39.2 Å². The molecule has 6 aromatic heterocycles. The number of benzene rings is 3. The number of carbonyl (C=O) groups is 1. The van der Waals surface area contributed by atoms with Crippen LogP contribution in [0.3, 0.4) is 0 Å². The van der Waals surface area contributed by atoms with Gasteiger partial charge in [-0.25, -0.2) is 28.7 Å². The van der Waals surface area contributed by atoms with E-state index in [4.69, 9.17) is 4.98 Å². The van der Waals surface area contributed by atoms with Gasteiger partial charge in [-0.1, -0.05) is 30.3 Å². The summed E-state index contributed by atoms with van der Waals surface area (Å²) in [6, 6.07) is 28.3. The van der Waals surface area contributed by atoms with Gasteiger partial charge in [0.05, 0.1) is 11.4 Å². The number of carbonyl (C=O) groups excluding carboxylic acids is 1. The van der Waals surface area contributed by atoms with Crippen molar-refractivity contribution < 1.29 is 23.8 Å². The van der Waals surface area contributed by atoms with Gasteiger partial charge in [0, 0.05) is 36.0 Å². The number of hydrogen-bond acceptors (Lipinski definition) is 13. The van der Waals surface area contributed by atoms with Gasteiger partial charge in [-0.05, 0) is 110 Å². The molecular formula is C41H30Br2F2N10O3S2. The van der Waals surface area contributed by atoms with Crippen LogP contribution in [0.25, 0.3) is 33.8 Å². The Labute approximate surface area is 365 Å². The average Bonchev–Trinajstić information content (AvgIpc) is 4.09. The molecule has 0 aliphatic heterocycles. The van der Waals surface area contributed by atoms with Gasteiger partial charge in [-0.15, -0.1) is 22.7 Å². The topological polar surface area (TPSA) is 150 Å². The van der Waals surface area contributed by atoms with Gasteiger partial charge in [0.1, 0.15) is 44.4 Å². The Morgan fingerprint density at radius 1 is 0.633 bits per heavy atom. The molecule has 60 heavy (non-hydrogen) atoms. The van der Waals surface area contributed by atoms with Crippen LogP contribution in [-0.4, -0.2) is 69.8 Å². The zero-order valence-electron chi connectivity index (χ0n) is 31.3. The van der Waals surface area contributed by atoms with E-state index in [1.165, 1.54) is 46.9 Å². The molecule has 0 aliphatic rings. The number of aldehydes is 1. The second kappa shape index (κ2) is 17.4. The van der Waals surface area contributed by atoms with E-state index in [0.717, 1.165) is 16.8 Å². The maximum absolute atomic E-state index is 13.3. The predicted molar refractivity (Wildman–Crippen MR) is 234 cm³/mol. The summed E-state index contributed by atoms with van der Waals surface area (Å²) in [5.74, 6) is 0.392. The molecule has 2 atom stereocenters. The Hall–Kier alpha value is -5.83. The van der Waals surface area contributed by atoms with E-state index in [-0.39, 0.29) is 23.0 Å². The molecule has 9 aromatic rings. The summed E-state index contributed by atoms with van der Waals surface area (Å²) in [6.07, 6.45) is -1.80. The van der Waals surface area contributed by atoms with Gasteiger partial charge in [-0.3, -0.25) is 4.79 Å². The van der Waals surface area contributed by atoms with Gasteiger partial charge < -0.3 is 20.0 Å². The summed E-state index contributed by atoms with van der Waals surface area (Å²) in [4.78, 5) is 33.2. The average molecular weight is 973 g/mol. The number of aliphatic hydroxyl groups is 2. The molecular weight excluding hydrogens is 942 g/mol. The van der Waals surface area contributed by atoms with E-state index in [1.54, 1.807) is 106 Å². The van der Waals surface area contributed by atoms with E-state index in [9.17, 15) is 23.8 Å². The molecule has 0 radical (unpaired) electrons. The number of aliphatic hydroxyl groups excluding tert-OH is 2. The summed E-state index contributed by atoms with van der Waals surface area (Å²) in [5, 5.41) is 35.9. The fraction of sp³-hybridized carbons (Fsp3) is 0.0976. The molecule has 19 heteroatoms. The molecule has 0 fully saturated rings.